The Morgan fingerprint density at radius 3 is 2.13 bits per heavy atom. The molecule has 0 heterocycles. The Hall–Kier alpha value is -4.16. The summed E-state index contributed by atoms with van der Waals surface area (Å²) in [6.45, 7) is 2.85. The fourth-order valence-electron chi connectivity index (χ4n) is 4.84. The molecule has 0 aliphatic heterocycles. The Labute approximate surface area is 275 Å². The van der Waals surface area contributed by atoms with E-state index in [0.29, 0.717) is 15.9 Å². The predicted molar refractivity (Wildman–Crippen MR) is 174 cm³/mol. The summed E-state index contributed by atoms with van der Waals surface area (Å²) in [5.41, 5.74) is 0.773. The van der Waals surface area contributed by atoms with Crippen LogP contribution in [-0.4, -0.2) is 44.3 Å². The van der Waals surface area contributed by atoms with Crippen LogP contribution >= 0.6 is 15.9 Å². The van der Waals surface area contributed by atoms with Gasteiger partial charge in [-0.3, -0.25) is 13.9 Å². The van der Waals surface area contributed by atoms with Gasteiger partial charge in [-0.1, -0.05) is 82.2 Å². The Balaban J connectivity index is 1.83. The SMILES string of the molecule is CCNC(=O)C(Cc1ccccc1)N(Cc1ccc(Br)cc1)C(=O)CN(c1cccc(C(F)(F)F)c1)S(=O)(=O)c1ccc(C)cc1. The van der Waals surface area contributed by atoms with Gasteiger partial charge in [0.15, 0.2) is 0 Å². The number of likely N-dealkylation sites (N-methyl/N-ethyl adjacent to an activating group) is 1. The lowest BCUT2D eigenvalue weighted by Crippen LogP contribution is -2.53. The highest BCUT2D eigenvalue weighted by atomic mass is 79.9. The van der Waals surface area contributed by atoms with E-state index in [9.17, 15) is 31.2 Å². The van der Waals surface area contributed by atoms with E-state index in [0.717, 1.165) is 27.7 Å². The number of anilines is 1. The number of alkyl halides is 3. The van der Waals surface area contributed by atoms with E-state index in [1.807, 2.05) is 18.2 Å². The molecule has 0 aliphatic rings. The van der Waals surface area contributed by atoms with Gasteiger partial charge in [0.2, 0.25) is 11.8 Å². The number of amides is 2. The van der Waals surface area contributed by atoms with Gasteiger partial charge >= 0.3 is 6.18 Å². The van der Waals surface area contributed by atoms with E-state index in [1.54, 1.807) is 62.4 Å². The number of carbonyl (C=O) groups is 2. The van der Waals surface area contributed by atoms with Crippen molar-refractivity contribution in [3.8, 4) is 0 Å². The topological polar surface area (TPSA) is 86.8 Å². The first kappa shape index (κ1) is 34.7. The molecule has 0 saturated carbocycles. The lowest BCUT2D eigenvalue weighted by molar-refractivity contribution is -0.140. The van der Waals surface area contributed by atoms with Crippen molar-refractivity contribution in [2.24, 2.45) is 0 Å². The molecule has 4 aromatic carbocycles. The average molecular weight is 717 g/mol. The van der Waals surface area contributed by atoms with Gasteiger partial charge in [-0.05, 0) is 67.4 Å². The first-order valence-electron chi connectivity index (χ1n) is 14.4. The van der Waals surface area contributed by atoms with Gasteiger partial charge in [-0.2, -0.15) is 13.2 Å². The molecule has 0 aromatic heterocycles. The number of benzene rings is 4. The quantitative estimate of drug-likeness (QED) is 0.176. The smallest absolute Gasteiger partial charge is 0.355 e. The molecule has 12 heteroatoms. The summed E-state index contributed by atoms with van der Waals surface area (Å²) < 4.78 is 70.8. The standard InChI is InChI=1S/C34H33BrF3N3O4S/c1-3-39-33(43)31(20-25-8-5-4-6-9-25)40(22-26-14-16-28(35)17-15-26)32(42)23-41(29-11-7-10-27(21-29)34(36,37)38)46(44,45)30-18-12-24(2)13-19-30/h4-19,21,31H,3,20,22-23H2,1-2H3,(H,39,43). The van der Waals surface area contributed by atoms with Crippen molar-refractivity contribution in [2.75, 3.05) is 17.4 Å². The molecule has 1 unspecified atom stereocenters. The molecule has 0 aliphatic carbocycles. The molecule has 0 spiro atoms. The lowest BCUT2D eigenvalue weighted by atomic mass is 10.0. The van der Waals surface area contributed by atoms with Gasteiger partial charge in [0.05, 0.1) is 16.1 Å². The molecular formula is C34H33BrF3N3O4S. The summed E-state index contributed by atoms with van der Waals surface area (Å²) in [5, 5.41) is 2.77. The van der Waals surface area contributed by atoms with Crippen molar-refractivity contribution in [2.45, 2.75) is 43.9 Å². The first-order valence-corrected chi connectivity index (χ1v) is 16.6. The monoisotopic (exact) mass is 715 g/mol. The molecular weight excluding hydrogens is 683 g/mol. The number of nitrogens with zero attached hydrogens (tertiary/aromatic N) is 2. The van der Waals surface area contributed by atoms with Crippen LogP contribution in [-0.2, 0) is 38.8 Å². The fraction of sp³-hybridized carbons (Fsp3) is 0.235. The summed E-state index contributed by atoms with van der Waals surface area (Å²) in [7, 11) is -4.54. The maximum absolute atomic E-state index is 14.4. The van der Waals surface area contributed by atoms with Crippen LogP contribution in [0.3, 0.4) is 0 Å². The Morgan fingerprint density at radius 2 is 1.52 bits per heavy atom. The minimum Gasteiger partial charge on any atom is -0.355 e. The maximum atomic E-state index is 14.4. The second kappa shape index (κ2) is 15.0. The largest absolute Gasteiger partial charge is 0.416 e. The lowest BCUT2D eigenvalue weighted by Gasteiger charge is -2.34. The molecule has 2 amide bonds. The molecule has 4 aromatic rings. The van der Waals surface area contributed by atoms with Gasteiger partial charge in [0, 0.05) is 24.0 Å². The Kier molecular flexibility index (Phi) is 11.3. The normalized spacial score (nSPS) is 12.3. The van der Waals surface area contributed by atoms with Crippen molar-refractivity contribution < 1.29 is 31.2 Å². The van der Waals surface area contributed by atoms with Crippen LogP contribution in [0.25, 0.3) is 0 Å². The van der Waals surface area contributed by atoms with E-state index in [2.05, 4.69) is 21.2 Å². The molecule has 4 rings (SSSR count). The number of sulfonamides is 1. The van der Waals surface area contributed by atoms with Gasteiger partial charge in [0.1, 0.15) is 12.6 Å². The van der Waals surface area contributed by atoms with Gasteiger partial charge in [0.25, 0.3) is 10.0 Å². The van der Waals surface area contributed by atoms with Crippen LogP contribution in [0.2, 0.25) is 0 Å². The van der Waals surface area contributed by atoms with Gasteiger partial charge in [-0.15, -0.1) is 0 Å². The number of carbonyl (C=O) groups excluding carboxylic acids is 2. The van der Waals surface area contributed by atoms with Crippen LogP contribution < -0.4 is 9.62 Å². The first-order chi connectivity index (χ1) is 21.8. The molecule has 7 nitrogen and oxygen atoms in total. The zero-order valence-electron chi connectivity index (χ0n) is 25.2. The summed E-state index contributed by atoms with van der Waals surface area (Å²) in [4.78, 5) is 29.0. The fourth-order valence-corrected chi connectivity index (χ4v) is 6.51. The highest BCUT2D eigenvalue weighted by molar-refractivity contribution is 9.10. The Morgan fingerprint density at radius 1 is 0.870 bits per heavy atom. The van der Waals surface area contributed by atoms with Crippen LogP contribution in [0.15, 0.2) is 112 Å². The number of halogens is 4. The van der Waals surface area contributed by atoms with Crippen molar-refractivity contribution in [3.63, 3.8) is 0 Å². The van der Waals surface area contributed by atoms with Gasteiger partial charge < -0.3 is 10.2 Å². The molecule has 0 bridgehead atoms. The second-order valence-corrected chi connectivity index (χ2v) is 13.4. The predicted octanol–water partition coefficient (Wildman–Crippen LogP) is 6.75. The summed E-state index contributed by atoms with van der Waals surface area (Å²) in [5.74, 6) is -1.23. The minimum absolute atomic E-state index is 0.0677. The Bertz CT molecular complexity index is 1750. The van der Waals surface area contributed by atoms with E-state index in [-0.39, 0.29) is 30.1 Å². The molecule has 1 atom stereocenters. The number of rotatable bonds is 12. The van der Waals surface area contributed by atoms with Crippen molar-refractivity contribution in [1.29, 1.82) is 0 Å². The van der Waals surface area contributed by atoms with E-state index >= 15 is 0 Å². The number of hydrogen-bond donors (Lipinski definition) is 1. The second-order valence-electron chi connectivity index (χ2n) is 10.6. The highest BCUT2D eigenvalue weighted by Crippen LogP contribution is 2.33. The van der Waals surface area contributed by atoms with Crippen molar-refractivity contribution >= 4 is 43.5 Å². The van der Waals surface area contributed by atoms with Crippen LogP contribution in [0, 0.1) is 6.92 Å². The third-order valence-corrected chi connectivity index (χ3v) is 9.55. The summed E-state index contributed by atoms with van der Waals surface area (Å²) in [6, 6.07) is 24.6. The number of aryl methyl sites for hydroxylation is 1. The van der Waals surface area contributed by atoms with E-state index < -0.39 is 46.2 Å². The van der Waals surface area contributed by atoms with Crippen LogP contribution in [0.1, 0.15) is 29.2 Å². The minimum atomic E-state index is -4.76. The molecule has 46 heavy (non-hydrogen) atoms. The number of hydrogen-bond acceptors (Lipinski definition) is 4. The average Bonchev–Trinajstić information content (AvgIpc) is 3.02. The third kappa shape index (κ3) is 8.76. The highest BCUT2D eigenvalue weighted by Gasteiger charge is 2.36. The number of nitrogens with one attached hydrogen (secondary N) is 1. The molecule has 0 fully saturated rings. The van der Waals surface area contributed by atoms with Crippen molar-refractivity contribution in [3.05, 3.63) is 130 Å². The zero-order valence-corrected chi connectivity index (χ0v) is 27.6. The van der Waals surface area contributed by atoms with Gasteiger partial charge in [-0.25, -0.2) is 8.42 Å². The maximum Gasteiger partial charge on any atom is 0.416 e. The summed E-state index contributed by atoms with van der Waals surface area (Å²) in [6.07, 6.45) is -4.64. The summed E-state index contributed by atoms with van der Waals surface area (Å²) >= 11 is 3.39. The molecule has 242 valence electrons. The third-order valence-electron chi connectivity index (χ3n) is 7.24. The van der Waals surface area contributed by atoms with Crippen LogP contribution in [0.4, 0.5) is 18.9 Å². The van der Waals surface area contributed by atoms with E-state index in [4.69, 9.17) is 0 Å². The molecule has 0 radical (unpaired) electrons. The molecule has 1 N–H and O–H groups in total. The van der Waals surface area contributed by atoms with Crippen LogP contribution in [0.5, 0.6) is 0 Å². The van der Waals surface area contributed by atoms with E-state index in [1.165, 1.54) is 23.1 Å². The van der Waals surface area contributed by atoms with Crippen molar-refractivity contribution in [1.82, 2.24) is 10.2 Å². The molecule has 0 saturated heterocycles. The zero-order chi connectivity index (χ0) is 33.5.